The molecule has 6 nitrogen and oxygen atoms in total. The van der Waals surface area contributed by atoms with Crippen LogP contribution in [0.3, 0.4) is 0 Å². The van der Waals surface area contributed by atoms with Gasteiger partial charge in [0.2, 0.25) is 11.8 Å². The Morgan fingerprint density at radius 2 is 1.71 bits per heavy atom. The summed E-state index contributed by atoms with van der Waals surface area (Å²) in [5, 5.41) is 2.57. The van der Waals surface area contributed by atoms with Gasteiger partial charge in [-0.15, -0.1) is 0 Å². The number of hydrogen-bond acceptors (Lipinski definition) is 3. The number of amides is 3. The molecule has 2 aromatic carbocycles. The van der Waals surface area contributed by atoms with Crippen molar-refractivity contribution in [2.45, 2.75) is 13.3 Å². The van der Waals surface area contributed by atoms with E-state index in [4.69, 9.17) is 0 Å². The summed E-state index contributed by atoms with van der Waals surface area (Å²) in [5.74, 6) is -1.59. The SMILES string of the molecule is CC(=O)Nc1cccc(C(=O)NNC(=O)Cc2ccc(F)cc2)c1. The maximum atomic E-state index is 12.8. The molecular formula is C17H16FN3O3. The van der Waals surface area contributed by atoms with Crippen LogP contribution in [0.4, 0.5) is 10.1 Å². The van der Waals surface area contributed by atoms with Crippen LogP contribution in [0.2, 0.25) is 0 Å². The first-order chi connectivity index (χ1) is 11.4. The molecular weight excluding hydrogens is 313 g/mol. The number of rotatable bonds is 4. The molecule has 3 amide bonds. The number of carbonyl (C=O) groups is 3. The van der Waals surface area contributed by atoms with Gasteiger partial charge in [0.1, 0.15) is 5.82 Å². The van der Waals surface area contributed by atoms with Crippen LogP contribution < -0.4 is 16.2 Å². The highest BCUT2D eigenvalue weighted by Crippen LogP contribution is 2.10. The van der Waals surface area contributed by atoms with E-state index in [-0.39, 0.29) is 23.7 Å². The van der Waals surface area contributed by atoms with E-state index in [0.29, 0.717) is 11.3 Å². The molecule has 0 bridgehead atoms. The van der Waals surface area contributed by atoms with E-state index in [1.165, 1.54) is 37.3 Å². The predicted octanol–water partition coefficient (Wildman–Crippen LogP) is 1.79. The Kier molecular flexibility index (Phi) is 5.62. The van der Waals surface area contributed by atoms with Crippen molar-refractivity contribution in [2.75, 3.05) is 5.32 Å². The molecule has 124 valence electrons. The lowest BCUT2D eigenvalue weighted by molar-refractivity contribution is -0.121. The largest absolute Gasteiger partial charge is 0.326 e. The lowest BCUT2D eigenvalue weighted by Gasteiger charge is -2.09. The van der Waals surface area contributed by atoms with Gasteiger partial charge in [0.05, 0.1) is 6.42 Å². The van der Waals surface area contributed by atoms with Gasteiger partial charge in [-0.2, -0.15) is 0 Å². The van der Waals surface area contributed by atoms with E-state index in [1.807, 2.05) is 0 Å². The van der Waals surface area contributed by atoms with E-state index in [0.717, 1.165) is 0 Å². The molecule has 0 spiro atoms. The van der Waals surface area contributed by atoms with Crippen molar-refractivity contribution < 1.29 is 18.8 Å². The van der Waals surface area contributed by atoms with Crippen LogP contribution in [0.1, 0.15) is 22.8 Å². The van der Waals surface area contributed by atoms with Gasteiger partial charge in [-0.05, 0) is 35.9 Å². The van der Waals surface area contributed by atoms with Crippen LogP contribution in [0.15, 0.2) is 48.5 Å². The minimum atomic E-state index is -0.519. The van der Waals surface area contributed by atoms with Crippen LogP contribution >= 0.6 is 0 Å². The van der Waals surface area contributed by atoms with E-state index in [9.17, 15) is 18.8 Å². The van der Waals surface area contributed by atoms with E-state index in [1.54, 1.807) is 18.2 Å². The number of anilines is 1. The fourth-order valence-electron chi connectivity index (χ4n) is 1.97. The normalized spacial score (nSPS) is 9.92. The lowest BCUT2D eigenvalue weighted by atomic mass is 10.1. The van der Waals surface area contributed by atoms with Crippen molar-refractivity contribution in [2.24, 2.45) is 0 Å². The Hall–Kier alpha value is -3.22. The van der Waals surface area contributed by atoms with Gasteiger partial charge in [-0.1, -0.05) is 18.2 Å². The van der Waals surface area contributed by atoms with Gasteiger partial charge in [0.15, 0.2) is 0 Å². The van der Waals surface area contributed by atoms with Crippen LogP contribution in [-0.2, 0) is 16.0 Å². The van der Waals surface area contributed by atoms with E-state index < -0.39 is 11.8 Å². The molecule has 2 aromatic rings. The van der Waals surface area contributed by atoms with Crippen LogP contribution in [0, 0.1) is 5.82 Å². The average molecular weight is 329 g/mol. The molecule has 0 saturated heterocycles. The molecule has 0 saturated carbocycles. The summed E-state index contributed by atoms with van der Waals surface area (Å²) in [5.41, 5.74) is 5.95. The third-order valence-corrected chi connectivity index (χ3v) is 3.04. The zero-order valence-corrected chi connectivity index (χ0v) is 12.9. The first-order valence-corrected chi connectivity index (χ1v) is 7.15. The van der Waals surface area contributed by atoms with Gasteiger partial charge in [0.25, 0.3) is 5.91 Å². The first kappa shape index (κ1) is 17.1. The smallest absolute Gasteiger partial charge is 0.269 e. The fourth-order valence-corrected chi connectivity index (χ4v) is 1.97. The second kappa shape index (κ2) is 7.87. The highest BCUT2D eigenvalue weighted by molar-refractivity contribution is 5.97. The quantitative estimate of drug-likeness (QED) is 0.747. The van der Waals surface area contributed by atoms with Crippen molar-refractivity contribution >= 4 is 23.4 Å². The highest BCUT2D eigenvalue weighted by Gasteiger charge is 2.09. The zero-order chi connectivity index (χ0) is 17.5. The standard InChI is InChI=1S/C17H16FN3O3/c1-11(22)19-15-4-2-3-13(10-15)17(24)21-20-16(23)9-12-5-7-14(18)8-6-12/h2-8,10H,9H2,1H3,(H,19,22)(H,20,23)(H,21,24). The van der Waals surface area contributed by atoms with Gasteiger partial charge in [0, 0.05) is 18.2 Å². The Bertz CT molecular complexity index is 760. The molecule has 0 aromatic heterocycles. The number of hydrogen-bond donors (Lipinski definition) is 3. The summed E-state index contributed by atoms with van der Waals surface area (Å²) in [6.07, 6.45) is 0.00644. The second-order valence-electron chi connectivity index (χ2n) is 5.07. The van der Waals surface area contributed by atoms with Crippen molar-refractivity contribution in [1.82, 2.24) is 10.9 Å². The van der Waals surface area contributed by atoms with Gasteiger partial charge in [-0.25, -0.2) is 4.39 Å². The summed E-state index contributed by atoms with van der Waals surface area (Å²) in [6, 6.07) is 11.8. The number of benzene rings is 2. The molecule has 0 aliphatic heterocycles. The van der Waals surface area contributed by atoms with Gasteiger partial charge < -0.3 is 5.32 Å². The molecule has 0 aliphatic carbocycles. The molecule has 0 atom stereocenters. The summed E-state index contributed by atoms with van der Waals surface area (Å²) < 4.78 is 12.8. The molecule has 0 unspecified atom stereocenters. The third kappa shape index (κ3) is 5.20. The van der Waals surface area contributed by atoms with Crippen LogP contribution in [-0.4, -0.2) is 17.7 Å². The summed E-state index contributed by atoms with van der Waals surface area (Å²) in [4.78, 5) is 34.8. The maximum Gasteiger partial charge on any atom is 0.269 e. The second-order valence-corrected chi connectivity index (χ2v) is 5.07. The first-order valence-electron chi connectivity index (χ1n) is 7.15. The summed E-state index contributed by atoms with van der Waals surface area (Å²) in [6.45, 7) is 1.36. The molecule has 0 fully saturated rings. The van der Waals surface area contributed by atoms with Crippen LogP contribution in [0.5, 0.6) is 0 Å². The predicted molar refractivity (Wildman–Crippen MR) is 86.5 cm³/mol. The zero-order valence-electron chi connectivity index (χ0n) is 12.9. The Morgan fingerprint density at radius 3 is 2.38 bits per heavy atom. The molecule has 7 heteroatoms. The minimum Gasteiger partial charge on any atom is -0.326 e. The number of hydrazine groups is 1. The van der Waals surface area contributed by atoms with Crippen molar-refractivity contribution in [3.8, 4) is 0 Å². The molecule has 3 N–H and O–H groups in total. The van der Waals surface area contributed by atoms with E-state index in [2.05, 4.69) is 16.2 Å². The average Bonchev–Trinajstić information content (AvgIpc) is 2.54. The number of nitrogens with one attached hydrogen (secondary N) is 3. The van der Waals surface area contributed by atoms with Gasteiger partial charge in [-0.3, -0.25) is 25.2 Å². The van der Waals surface area contributed by atoms with Crippen molar-refractivity contribution in [3.05, 3.63) is 65.5 Å². The Morgan fingerprint density at radius 1 is 1.00 bits per heavy atom. The molecule has 0 heterocycles. The van der Waals surface area contributed by atoms with Crippen molar-refractivity contribution in [3.63, 3.8) is 0 Å². The van der Waals surface area contributed by atoms with E-state index >= 15 is 0 Å². The maximum absolute atomic E-state index is 12.8. The fraction of sp³-hybridized carbons (Fsp3) is 0.118. The lowest BCUT2D eigenvalue weighted by Crippen LogP contribution is -2.42. The molecule has 0 radical (unpaired) electrons. The summed E-state index contributed by atoms with van der Waals surface area (Å²) >= 11 is 0. The van der Waals surface area contributed by atoms with Gasteiger partial charge >= 0.3 is 0 Å². The van der Waals surface area contributed by atoms with Crippen LogP contribution in [0.25, 0.3) is 0 Å². The molecule has 24 heavy (non-hydrogen) atoms. The number of carbonyl (C=O) groups excluding carboxylic acids is 3. The highest BCUT2D eigenvalue weighted by atomic mass is 19.1. The molecule has 0 aliphatic rings. The summed E-state index contributed by atoms with van der Waals surface area (Å²) in [7, 11) is 0. The minimum absolute atomic E-state index is 0.00644. The Labute approximate surface area is 138 Å². The monoisotopic (exact) mass is 329 g/mol. The topological polar surface area (TPSA) is 87.3 Å². The molecule has 2 rings (SSSR count). The third-order valence-electron chi connectivity index (χ3n) is 3.04. The number of halogens is 1. The van der Waals surface area contributed by atoms with Crippen molar-refractivity contribution in [1.29, 1.82) is 0 Å². The Balaban J connectivity index is 1.89.